The van der Waals surface area contributed by atoms with Gasteiger partial charge in [-0.15, -0.1) is 0 Å². The van der Waals surface area contributed by atoms with Crippen molar-refractivity contribution in [2.75, 3.05) is 46.0 Å². The first-order valence-corrected chi connectivity index (χ1v) is 14.9. The fraction of sp³-hybridized carbons (Fsp3) is 0.364. The number of morpholine rings is 1. The number of fused-ring (bicyclic) bond motifs is 3. The molecule has 2 unspecified atom stereocenters. The van der Waals surface area contributed by atoms with Gasteiger partial charge < -0.3 is 24.3 Å². The van der Waals surface area contributed by atoms with Crippen LogP contribution in [-0.2, 0) is 11.2 Å². The number of rotatable bonds is 8. The molecule has 1 saturated heterocycles. The van der Waals surface area contributed by atoms with Crippen molar-refractivity contribution in [2.24, 2.45) is 0 Å². The van der Waals surface area contributed by atoms with E-state index < -0.39 is 12.2 Å². The monoisotopic (exact) mass is 589 g/mol. The van der Waals surface area contributed by atoms with Gasteiger partial charge in [-0.1, -0.05) is 41.4 Å². The summed E-state index contributed by atoms with van der Waals surface area (Å²) in [6, 6.07) is 20.7. The normalized spacial score (nSPS) is 18.1. The zero-order valence-electron chi connectivity index (χ0n) is 23.7. The Morgan fingerprint density at radius 3 is 2.55 bits per heavy atom. The number of ether oxygens (including phenoxy) is 3. The van der Waals surface area contributed by atoms with E-state index in [9.17, 15) is 9.90 Å². The molecule has 0 bridgehead atoms. The Labute approximate surface area is 250 Å². The summed E-state index contributed by atoms with van der Waals surface area (Å²) < 4.78 is 17.2. The van der Waals surface area contributed by atoms with Crippen LogP contribution in [0, 0.1) is 6.92 Å². The zero-order chi connectivity index (χ0) is 29.1. The van der Waals surface area contributed by atoms with Crippen molar-refractivity contribution in [2.45, 2.75) is 31.9 Å². The molecule has 0 radical (unpaired) electrons. The van der Waals surface area contributed by atoms with Gasteiger partial charge in [0.15, 0.2) is 0 Å². The lowest BCUT2D eigenvalue weighted by molar-refractivity contribution is 0.0108. The van der Waals surface area contributed by atoms with Crippen molar-refractivity contribution in [1.29, 1.82) is 0 Å². The topological polar surface area (TPSA) is 87.3 Å². The summed E-state index contributed by atoms with van der Waals surface area (Å²) in [5.74, 6) is 1.23. The van der Waals surface area contributed by atoms with Crippen LogP contribution in [0.4, 0.5) is 4.79 Å². The summed E-state index contributed by atoms with van der Waals surface area (Å²) in [5.41, 5.74) is 5.14. The van der Waals surface area contributed by atoms with Gasteiger partial charge in [-0.25, -0.2) is 4.79 Å². The molecule has 2 aliphatic rings. The Morgan fingerprint density at radius 2 is 1.79 bits per heavy atom. The lowest BCUT2D eigenvalue weighted by Gasteiger charge is -2.35. The van der Waals surface area contributed by atoms with Crippen molar-refractivity contribution in [3.63, 3.8) is 0 Å². The van der Waals surface area contributed by atoms with Crippen molar-refractivity contribution in [3.05, 3.63) is 94.1 Å². The molecule has 4 aromatic rings. The lowest BCUT2D eigenvalue weighted by atomic mass is 9.92. The number of aromatic nitrogens is 1. The van der Waals surface area contributed by atoms with Crippen LogP contribution in [0.1, 0.15) is 34.8 Å². The van der Waals surface area contributed by atoms with E-state index >= 15 is 0 Å². The van der Waals surface area contributed by atoms with Crippen LogP contribution in [0.3, 0.4) is 0 Å². The van der Waals surface area contributed by atoms with Crippen LogP contribution in [0.15, 0.2) is 66.7 Å². The van der Waals surface area contributed by atoms with Crippen molar-refractivity contribution in [3.8, 4) is 11.5 Å². The second-order valence-corrected chi connectivity index (χ2v) is 11.4. The number of nitrogens with zero attached hydrogens (tertiary/aromatic N) is 2. The van der Waals surface area contributed by atoms with Gasteiger partial charge in [0.25, 0.3) is 0 Å². The highest BCUT2D eigenvalue weighted by Crippen LogP contribution is 2.40. The molecule has 2 N–H and O–H groups in total. The number of H-pyrrole nitrogens is 1. The Kier molecular flexibility index (Phi) is 8.67. The molecule has 2 atom stereocenters. The molecule has 1 aromatic heterocycles. The molecule has 0 aliphatic carbocycles. The van der Waals surface area contributed by atoms with Gasteiger partial charge in [0, 0.05) is 54.2 Å². The first kappa shape index (κ1) is 28.6. The molecule has 8 nitrogen and oxygen atoms in total. The number of carbonyl (C=O) groups is 1. The molecular weight excluding hydrogens is 554 g/mol. The van der Waals surface area contributed by atoms with Crippen LogP contribution in [0.2, 0.25) is 5.02 Å². The minimum atomic E-state index is -0.452. The minimum absolute atomic E-state index is 0.373. The third-order valence-electron chi connectivity index (χ3n) is 8.04. The Hall–Kier alpha value is -3.56. The van der Waals surface area contributed by atoms with Gasteiger partial charge in [0.1, 0.15) is 17.5 Å². The number of hydrogen-bond acceptors (Lipinski definition) is 6. The number of aromatic amines is 1. The molecule has 0 spiro atoms. The first-order chi connectivity index (χ1) is 20.4. The number of aliphatic hydroxyl groups is 1. The zero-order valence-corrected chi connectivity index (χ0v) is 24.5. The summed E-state index contributed by atoms with van der Waals surface area (Å²) >= 11 is 6.34. The molecule has 9 heteroatoms. The largest absolute Gasteiger partial charge is 0.493 e. The Morgan fingerprint density at radius 1 is 1.05 bits per heavy atom. The number of amides is 1. The van der Waals surface area contributed by atoms with Gasteiger partial charge in [-0.2, -0.15) is 0 Å². The van der Waals surface area contributed by atoms with Gasteiger partial charge in [-0.3, -0.25) is 9.80 Å². The summed E-state index contributed by atoms with van der Waals surface area (Å²) in [7, 11) is 0. The number of halogens is 1. The van der Waals surface area contributed by atoms with Crippen LogP contribution < -0.4 is 9.47 Å². The van der Waals surface area contributed by atoms with Crippen LogP contribution in [-0.4, -0.2) is 78.1 Å². The molecular formula is C33H36ClN3O5. The van der Waals surface area contributed by atoms with Gasteiger partial charge >= 0.3 is 6.09 Å². The van der Waals surface area contributed by atoms with Gasteiger partial charge in [0.05, 0.1) is 25.9 Å². The number of hydrogen-bond donors (Lipinski definition) is 2. The van der Waals surface area contributed by atoms with Crippen molar-refractivity contribution >= 4 is 28.6 Å². The standard InChI is InChI=1S/C33H36ClN3O5/c1-22-2-7-27(8-3-22)42-33(39)37-14-12-28-29-20-24(34)6-11-30(29)35-31(28)32(37)23-4-9-26(10-5-23)41-17-13-25(38)21-36-15-18-40-19-16-36/h2-11,20,25,32,35,38H,12-19,21H2,1H3. The van der Waals surface area contributed by atoms with E-state index in [1.165, 1.54) is 0 Å². The molecule has 3 heterocycles. The third kappa shape index (κ3) is 6.42. The Bertz CT molecular complexity index is 1520. The highest BCUT2D eigenvalue weighted by molar-refractivity contribution is 6.31. The number of β-amino-alcohol motifs (C(OH)–C–C–N with tert-alkyl or cyclic N) is 1. The maximum absolute atomic E-state index is 13.5. The number of nitrogens with one attached hydrogen (secondary N) is 1. The number of aryl methyl sites for hydroxylation is 1. The quantitative estimate of drug-likeness (QED) is 0.273. The van der Waals surface area contributed by atoms with E-state index in [0.29, 0.717) is 62.3 Å². The maximum Gasteiger partial charge on any atom is 0.416 e. The smallest absolute Gasteiger partial charge is 0.416 e. The fourth-order valence-electron chi connectivity index (χ4n) is 5.80. The second-order valence-electron chi connectivity index (χ2n) is 11.0. The maximum atomic E-state index is 13.5. The average molecular weight is 590 g/mol. The molecule has 2 aliphatic heterocycles. The molecule has 1 fully saturated rings. The van der Waals surface area contributed by atoms with Crippen LogP contribution in [0.5, 0.6) is 11.5 Å². The fourth-order valence-corrected chi connectivity index (χ4v) is 5.97. The first-order valence-electron chi connectivity index (χ1n) is 14.5. The highest BCUT2D eigenvalue weighted by Gasteiger charge is 2.35. The number of aliphatic hydroxyl groups excluding tert-OH is 1. The van der Waals surface area contributed by atoms with E-state index in [4.69, 9.17) is 25.8 Å². The van der Waals surface area contributed by atoms with E-state index in [0.717, 1.165) is 46.4 Å². The number of benzene rings is 3. The van der Waals surface area contributed by atoms with E-state index in [-0.39, 0.29) is 6.04 Å². The molecule has 220 valence electrons. The second kappa shape index (κ2) is 12.8. The molecule has 42 heavy (non-hydrogen) atoms. The summed E-state index contributed by atoms with van der Waals surface area (Å²) in [6.45, 7) is 6.66. The minimum Gasteiger partial charge on any atom is -0.493 e. The summed E-state index contributed by atoms with van der Waals surface area (Å²) in [6.07, 6.45) is 0.372. The summed E-state index contributed by atoms with van der Waals surface area (Å²) in [4.78, 5) is 21.1. The van der Waals surface area contributed by atoms with Crippen molar-refractivity contribution in [1.82, 2.24) is 14.8 Å². The molecule has 1 amide bonds. The van der Waals surface area contributed by atoms with Crippen molar-refractivity contribution < 1.29 is 24.1 Å². The number of carbonyl (C=O) groups excluding carboxylic acids is 1. The van der Waals surface area contributed by atoms with E-state index in [1.54, 1.807) is 4.90 Å². The molecule has 3 aromatic carbocycles. The van der Waals surface area contributed by atoms with E-state index in [2.05, 4.69) is 9.88 Å². The lowest BCUT2D eigenvalue weighted by Crippen LogP contribution is -2.42. The van der Waals surface area contributed by atoms with Gasteiger partial charge in [-0.05, 0) is 66.9 Å². The SMILES string of the molecule is Cc1ccc(OC(=O)N2CCc3c([nH]c4ccc(Cl)cc34)C2c2ccc(OCCC(O)CN3CCOCC3)cc2)cc1. The van der Waals surface area contributed by atoms with Crippen LogP contribution in [0.25, 0.3) is 10.9 Å². The predicted octanol–water partition coefficient (Wildman–Crippen LogP) is 5.74. The average Bonchev–Trinajstić information content (AvgIpc) is 3.36. The van der Waals surface area contributed by atoms with Gasteiger partial charge in [0.2, 0.25) is 0 Å². The predicted molar refractivity (Wildman–Crippen MR) is 163 cm³/mol. The third-order valence-corrected chi connectivity index (χ3v) is 8.27. The highest BCUT2D eigenvalue weighted by atomic mass is 35.5. The van der Waals surface area contributed by atoms with E-state index in [1.807, 2.05) is 73.7 Å². The Balaban J connectivity index is 1.19. The summed E-state index contributed by atoms with van der Waals surface area (Å²) in [5, 5.41) is 12.2. The molecule has 0 saturated carbocycles. The molecule has 6 rings (SSSR count). The van der Waals surface area contributed by atoms with Crippen LogP contribution >= 0.6 is 11.6 Å².